The van der Waals surface area contributed by atoms with E-state index in [0.717, 1.165) is 32.1 Å². The largest absolute Gasteiger partial charge is 0.379 e. The van der Waals surface area contributed by atoms with E-state index >= 15 is 0 Å². The predicted molar refractivity (Wildman–Crippen MR) is 69.1 cm³/mol. The second kappa shape index (κ2) is 5.68. The maximum atomic E-state index is 6.01. The van der Waals surface area contributed by atoms with Gasteiger partial charge in [-0.25, -0.2) is 0 Å². The van der Waals surface area contributed by atoms with Crippen LogP contribution in [0.25, 0.3) is 0 Å². The minimum Gasteiger partial charge on any atom is -0.379 e. The van der Waals surface area contributed by atoms with Crippen LogP contribution in [0.5, 0.6) is 0 Å². The maximum Gasteiger partial charge on any atom is 0.0673 e. The third kappa shape index (κ3) is 3.21. The van der Waals surface area contributed by atoms with Gasteiger partial charge in [0, 0.05) is 25.2 Å². The average molecular weight is 241 g/mol. The molecule has 100 valence electrons. The molecule has 0 aromatic rings. The summed E-state index contributed by atoms with van der Waals surface area (Å²) in [6.45, 7) is 7.08. The molecule has 0 spiro atoms. The molecule has 0 bridgehead atoms. The van der Waals surface area contributed by atoms with Crippen molar-refractivity contribution < 1.29 is 9.47 Å². The van der Waals surface area contributed by atoms with Crippen LogP contribution < -0.4 is 5.32 Å². The number of nitrogens with one attached hydrogen (secondary N) is 1. The SMILES string of the molecule is CNCC1(CCOC(C)C)CCOC1C1CC1. The fourth-order valence-corrected chi connectivity index (χ4v) is 3.14. The van der Waals surface area contributed by atoms with E-state index in [1.807, 2.05) is 7.05 Å². The Kier molecular flexibility index (Phi) is 4.45. The molecule has 1 aliphatic carbocycles. The fourth-order valence-electron chi connectivity index (χ4n) is 3.14. The van der Waals surface area contributed by atoms with E-state index < -0.39 is 0 Å². The Labute approximate surface area is 105 Å². The molecule has 3 heteroatoms. The first-order valence-corrected chi connectivity index (χ1v) is 7.06. The summed E-state index contributed by atoms with van der Waals surface area (Å²) in [5.41, 5.74) is 0.324. The second-order valence-corrected chi connectivity index (χ2v) is 5.94. The average Bonchev–Trinajstić information content (AvgIpc) is 3.02. The summed E-state index contributed by atoms with van der Waals surface area (Å²) in [7, 11) is 2.05. The Bertz CT molecular complexity index is 240. The van der Waals surface area contributed by atoms with Crippen LogP contribution in [0.3, 0.4) is 0 Å². The lowest BCUT2D eigenvalue weighted by molar-refractivity contribution is -0.000895. The molecule has 2 rings (SSSR count). The quantitative estimate of drug-likeness (QED) is 0.741. The fraction of sp³-hybridized carbons (Fsp3) is 1.00. The minimum atomic E-state index is 0.324. The molecule has 2 fully saturated rings. The van der Waals surface area contributed by atoms with Crippen LogP contribution in [0, 0.1) is 11.3 Å². The highest BCUT2D eigenvalue weighted by Crippen LogP contribution is 2.49. The van der Waals surface area contributed by atoms with E-state index in [4.69, 9.17) is 9.47 Å². The van der Waals surface area contributed by atoms with Gasteiger partial charge in [0.1, 0.15) is 0 Å². The van der Waals surface area contributed by atoms with Gasteiger partial charge in [-0.1, -0.05) is 0 Å². The molecule has 1 heterocycles. The van der Waals surface area contributed by atoms with Crippen LogP contribution in [-0.2, 0) is 9.47 Å². The van der Waals surface area contributed by atoms with Gasteiger partial charge >= 0.3 is 0 Å². The maximum absolute atomic E-state index is 6.01. The van der Waals surface area contributed by atoms with Crippen LogP contribution in [0.15, 0.2) is 0 Å². The van der Waals surface area contributed by atoms with E-state index in [1.54, 1.807) is 0 Å². The standard InChI is InChI=1S/C14H27NO2/c1-11(2)16-8-6-14(10-15-3)7-9-17-13(14)12-4-5-12/h11-13,15H,4-10H2,1-3H3. The summed E-state index contributed by atoms with van der Waals surface area (Å²) >= 11 is 0. The van der Waals surface area contributed by atoms with E-state index in [0.29, 0.717) is 17.6 Å². The molecule has 1 saturated heterocycles. The van der Waals surface area contributed by atoms with Crippen LogP contribution in [0.2, 0.25) is 0 Å². The Morgan fingerprint density at radius 1 is 1.41 bits per heavy atom. The molecule has 0 aromatic carbocycles. The Hall–Kier alpha value is -0.120. The lowest BCUT2D eigenvalue weighted by Gasteiger charge is -2.34. The molecule has 0 amide bonds. The Balaban J connectivity index is 1.92. The molecular weight excluding hydrogens is 214 g/mol. The van der Waals surface area contributed by atoms with Gasteiger partial charge in [0.15, 0.2) is 0 Å². The van der Waals surface area contributed by atoms with Crippen LogP contribution >= 0.6 is 0 Å². The number of ether oxygens (including phenoxy) is 2. The summed E-state index contributed by atoms with van der Waals surface area (Å²) in [6, 6.07) is 0. The summed E-state index contributed by atoms with van der Waals surface area (Å²) in [4.78, 5) is 0. The first-order valence-electron chi connectivity index (χ1n) is 7.06. The molecule has 0 aromatic heterocycles. The summed E-state index contributed by atoms with van der Waals surface area (Å²) in [6.07, 6.45) is 5.86. The molecule has 3 nitrogen and oxygen atoms in total. The van der Waals surface area contributed by atoms with E-state index in [9.17, 15) is 0 Å². The first kappa shape index (κ1) is 13.3. The van der Waals surface area contributed by atoms with Crippen molar-refractivity contribution in [3.63, 3.8) is 0 Å². The van der Waals surface area contributed by atoms with Gasteiger partial charge in [-0.15, -0.1) is 0 Å². The molecular formula is C14H27NO2. The monoisotopic (exact) mass is 241 g/mol. The zero-order valence-corrected chi connectivity index (χ0v) is 11.5. The van der Waals surface area contributed by atoms with Crippen LogP contribution in [0.4, 0.5) is 0 Å². The zero-order valence-electron chi connectivity index (χ0n) is 11.5. The van der Waals surface area contributed by atoms with Gasteiger partial charge in [-0.05, 0) is 52.5 Å². The van der Waals surface area contributed by atoms with E-state index in [1.165, 1.54) is 19.3 Å². The van der Waals surface area contributed by atoms with E-state index in [-0.39, 0.29) is 0 Å². The van der Waals surface area contributed by atoms with Gasteiger partial charge in [0.25, 0.3) is 0 Å². The lowest BCUT2D eigenvalue weighted by atomic mass is 9.76. The molecule has 1 N–H and O–H groups in total. The van der Waals surface area contributed by atoms with Crippen molar-refractivity contribution in [3.8, 4) is 0 Å². The lowest BCUT2D eigenvalue weighted by Crippen LogP contribution is -2.42. The third-order valence-electron chi connectivity index (χ3n) is 4.13. The number of hydrogen-bond donors (Lipinski definition) is 1. The second-order valence-electron chi connectivity index (χ2n) is 5.94. The summed E-state index contributed by atoms with van der Waals surface area (Å²) in [5, 5.41) is 3.37. The highest BCUT2D eigenvalue weighted by Gasteiger charge is 2.50. The van der Waals surface area contributed by atoms with Crippen molar-refractivity contribution in [2.24, 2.45) is 11.3 Å². The van der Waals surface area contributed by atoms with Gasteiger partial charge < -0.3 is 14.8 Å². The minimum absolute atomic E-state index is 0.324. The van der Waals surface area contributed by atoms with Gasteiger partial charge in [-0.3, -0.25) is 0 Å². The number of rotatable bonds is 7. The van der Waals surface area contributed by atoms with Crippen molar-refractivity contribution in [1.29, 1.82) is 0 Å². The predicted octanol–water partition coefficient (Wildman–Crippen LogP) is 2.21. The summed E-state index contributed by atoms with van der Waals surface area (Å²) < 4.78 is 11.7. The van der Waals surface area contributed by atoms with Crippen molar-refractivity contribution in [3.05, 3.63) is 0 Å². The van der Waals surface area contributed by atoms with E-state index in [2.05, 4.69) is 19.2 Å². The smallest absolute Gasteiger partial charge is 0.0673 e. The zero-order chi connectivity index (χ0) is 12.3. The van der Waals surface area contributed by atoms with Crippen molar-refractivity contribution >= 4 is 0 Å². The van der Waals surface area contributed by atoms with Gasteiger partial charge in [-0.2, -0.15) is 0 Å². The highest BCUT2D eigenvalue weighted by molar-refractivity contribution is 5.00. The molecule has 2 unspecified atom stereocenters. The molecule has 1 aliphatic heterocycles. The van der Waals surface area contributed by atoms with Gasteiger partial charge in [0.05, 0.1) is 12.2 Å². The highest BCUT2D eigenvalue weighted by atomic mass is 16.5. The molecule has 2 aliphatic rings. The van der Waals surface area contributed by atoms with Crippen molar-refractivity contribution in [2.75, 3.05) is 26.8 Å². The van der Waals surface area contributed by atoms with Crippen LogP contribution in [-0.4, -0.2) is 39.0 Å². The topological polar surface area (TPSA) is 30.5 Å². The van der Waals surface area contributed by atoms with Gasteiger partial charge in [0.2, 0.25) is 0 Å². The molecule has 17 heavy (non-hydrogen) atoms. The number of hydrogen-bond acceptors (Lipinski definition) is 3. The van der Waals surface area contributed by atoms with Crippen molar-refractivity contribution in [1.82, 2.24) is 5.32 Å². The normalized spacial score (nSPS) is 33.5. The van der Waals surface area contributed by atoms with Crippen molar-refractivity contribution in [2.45, 2.75) is 51.7 Å². The Morgan fingerprint density at radius 3 is 2.76 bits per heavy atom. The summed E-state index contributed by atoms with van der Waals surface area (Å²) in [5.74, 6) is 0.824. The molecule has 0 radical (unpaired) electrons. The third-order valence-corrected chi connectivity index (χ3v) is 4.13. The first-order chi connectivity index (χ1) is 8.18. The molecule has 2 atom stereocenters. The molecule has 1 saturated carbocycles. The van der Waals surface area contributed by atoms with Crippen LogP contribution in [0.1, 0.15) is 39.5 Å². The Morgan fingerprint density at radius 2 is 2.18 bits per heavy atom.